The lowest BCUT2D eigenvalue weighted by Crippen LogP contribution is -2.39. The Balaban J connectivity index is 1.92. The molecular formula is C21H24Cl2N2O5S. The Kier molecular flexibility index (Phi) is 7.36. The molecule has 0 bridgehead atoms. The second kappa shape index (κ2) is 9.65. The number of rotatable bonds is 6. The van der Waals surface area contributed by atoms with E-state index in [1.54, 1.807) is 0 Å². The Morgan fingerprint density at radius 2 is 1.81 bits per heavy atom. The molecule has 1 aliphatic heterocycles. The summed E-state index contributed by atoms with van der Waals surface area (Å²) >= 11 is 12.3. The zero-order chi connectivity index (χ0) is 22.8. The fourth-order valence-electron chi connectivity index (χ4n) is 3.50. The van der Waals surface area contributed by atoms with Crippen molar-refractivity contribution in [2.75, 3.05) is 32.6 Å². The number of piperidine rings is 1. The van der Waals surface area contributed by atoms with E-state index in [1.165, 1.54) is 48.9 Å². The molecule has 1 saturated heterocycles. The molecule has 10 heteroatoms. The van der Waals surface area contributed by atoms with Crippen LogP contribution in [0.5, 0.6) is 11.5 Å². The molecule has 7 nitrogen and oxygen atoms in total. The van der Waals surface area contributed by atoms with Crippen LogP contribution < -0.4 is 14.8 Å². The number of hydrogen-bond acceptors (Lipinski definition) is 5. The minimum atomic E-state index is -3.82. The number of amides is 1. The minimum Gasteiger partial charge on any atom is -0.495 e. The smallest absolute Gasteiger partial charge is 0.255 e. The van der Waals surface area contributed by atoms with E-state index in [0.29, 0.717) is 35.3 Å². The number of ether oxygens (including phenoxy) is 2. The Morgan fingerprint density at radius 1 is 1.10 bits per heavy atom. The highest BCUT2D eigenvalue weighted by atomic mass is 35.5. The zero-order valence-corrected chi connectivity index (χ0v) is 19.8. The Hall–Kier alpha value is -2.00. The van der Waals surface area contributed by atoms with Gasteiger partial charge < -0.3 is 14.8 Å². The summed E-state index contributed by atoms with van der Waals surface area (Å²) in [7, 11) is -0.924. The quantitative estimate of drug-likeness (QED) is 0.640. The van der Waals surface area contributed by atoms with Crippen LogP contribution in [0.25, 0.3) is 0 Å². The highest BCUT2D eigenvalue weighted by Crippen LogP contribution is 2.36. The highest BCUT2D eigenvalue weighted by molar-refractivity contribution is 7.89. The van der Waals surface area contributed by atoms with Crippen LogP contribution in [0, 0.1) is 5.92 Å². The summed E-state index contributed by atoms with van der Waals surface area (Å²) in [5, 5.41) is 3.11. The predicted octanol–water partition coefficient (Wildman–Crippen LogP) is 4.68. The molecule has 0 aliphatic carbocycles. The second-order valence-corrected chi connectivity index (χ2v) is 10.1. The molecule has 31 heavy (non-hydrogen) atoms. The molecule has 1 amide bonds. The third kappa shape index (κ3) is 5.09. The Morgan fingerprint density at radius 3 is 2.45 bits per heavy atom. The van der Waals surface area contributed by atoms with Crippen molar-refractivity contribution in [2.24, 2.45) is 5.92 Å². The standard InChI is InChI=1S/C21H24Cl2N2O5S/c1-13-5-4-8-25(12-13)31(27,28)20-9-14(6-7-15(20)22)21(26)24-17-11-18(29-2)16(23)10-19(17)30-3/h6-7,9-11,13H,4-5,8,12H2,1-3H3,(H,24,26). The predicted molar refractivity (Wildman–Crippen MR) is 121 cm³/mol. The van der Waals surface area contributed by atoms with Crippen molar-refractivity contribution in [3.63, 3.8) is 0 Å². The first-order valence-corrected chi connectivity index (χ1v) is 11.9. The summed E-state index contributed by atoms with van der Waals surface area (Å²) in [5.41, 5.74) is 0.474. The number of sulfonamides is 1. The molecule has 168 valence electrons. The SMILES string of the molecule is COc1cc(NC(=O)c2ccc(Cl)c(S(=O)(=O)N3CCCC(C)C3)c2)c(OC)cc1Cl. The van der Waals surface area contributed by atoms with Gasteiger partial charge in [-0.15, -0.1) is 0 Å². The van der Waals surface area contributed by atoms with Crippen molar-refractivity contribution in [3.05, 3.63) is 45.9 Å². The first kappa shape index (κ1) is 23.7. The number of methoxy groups -OCH3 is 2. The molecule has 3 rings (SSSR count). The van der Waals surface area contributed by atoms with E-state index in [-0.39, 0.29) is 21.4 Å². The van der Waals surface area contributed by atoms with E-state index < -0.39 is 15.9 Å². The van der Waals surface area contributed by atoms with E-state index >= 15 is 0 Å². The van der Waals surface area contributed by atoms with Gasteiger partial charge in [0, 0.05) is 30.8 Å². The van der Waals surface area contributed by atoms with E-state index in [4.69, 9.17) is 32.7 Å². The van der Waals surface area contributed by atoms with Gasteiger partial charge in [-0.2, -0.15) is 4.31 Å². The average Bonchev–Trinajstić information content (AvgIpc) is 2.74. The molecule has 0 spiro atoms. The van der Waals surface area contributed by atoms with E-state index in [2.05, 4.69) is 5.32 Å². The summed E-state index contributed by atoms with van der Waals surface area (Å²) in [6, 6.07) is 7.23. The minimum absolute atomic E-state index is 0.0699. The number of halogens is 2. The van der Waals surface area contributed by atoms with Crippen LogP contribution in [0.15, 0.2) is 35.2 Å². The fraction of sp³-hybridized carbons (Fsp3) is 0.381. The highest BCUT2D eigenvalue weighted by Gasteiger charge is 2.31. The molecule has 1 heterocycles. The van der Waals surface area contributed by atoms with Gasteiger partial charge in [-0.05, 0) is 37.0 Å². The first-order chi connectivity index (χ1) is 14.7. The third-order valence-electron chi connectivity index (χ3n) is 5.15. The molecule has 2 aromatic carbocycles. The van der Waals surface area contributed by atoms with Crippen molar-refractivity contribution in [1.82, 2.24) is 4.31 Å². The summed E-state index contributed by atoms with van der Waals surface area (Å²) < 4.78 is 38.2. The summed E-state index contributed by atoms with van der Waals surface area (Å²) in [5.74, 6) is 0.434. The van der Waals surface area contributed by atoms with E-state index in [9.17, 15) is 13.2 Å². The van der Waals surface area contributed by atoms with Crippen LogP contribution in [0.1, 0.15) is 30.1 Å². The fourth-order valence-corrected chi connectivity index (χ4v) is 5.83. The second-order valence-electron chi connectivity index (χ2n) is 7.40. The van der Waals surface area contributed by atoms with Gasteiger partial charge >= 0.3 is 0 Å². The number of benzene rings is 2. The van der Waals surface area contributed by atoms with Crippen molar-refractivity contribution in [3.8, 4) is 11.5 Å². The number of nitrogens with one attached hydrogen (secondary N) is 1. The molecule has 0 aromatic heterocycles. The summed E-state index contributed by atoms with van der Waals surface area (Å²) in [4.78, 5) is 12.8. The lowest BCUT2D eigenvalue weighted by Gasteiger charge is -2.30. The largest absolute Gasteiger partial charge is 0.495 e. The van der Waals surface area contributed by atoms with Crippen LogP contribution in [-0.4, -0.2) is 45.9 Å². The number of anilines is 1. The topological polar surface area (TPSA) is 84.9 Å². The van der Waals surface area contributed by atoms with Gasteiger partial charge in [0.1, 0.15) is 16.4 Å². The van der Waals surface area contributed by atoms with Crippen molar-refractivity contribution in [2.45, 2.75) is 24.7 Å². The lowest BCUT2D eigenvalue weighted by atomic mass is 10.0. The van der Waals surface area contributed by atoms with Crippen molar-refractivity contribution < 1.29 is 22.7 Å². The van der Waals surface area contributed by atoms with Gasteiger partial charge in [-0.3, -0.25) is 4.79 Å². The molecule has 1 atom stereocenters. The number of hydrogen-bond donors (Lipinski definition) is 1. The van der Waals surface area contributed by atoms with Crippen molar-refractivity contribution >= 4 is 44.8 Å². The number of carbonyl (C=O) groups is 1. The molecule has 1 N–H and O–H groups in total. The third-order valence-corrected chi connectivity index (χ3v) is 7.80. The van der Waals surface area contributed by atoms with Crippen LogP contribution in [0.4, 0.5) is 5.69 Å². The van der Waals surface area contributed by atoms with E-state index in [1.807, 2.05) is 6.92 Å². The maximum atomic E-state index is 13.2. The molecule has 0 radical (unpaired) electrons. The van der Waals surface area contributed by atoms with Gasteiger partial charge in [0.2, 0.25) is 10.0 Å². The lowest BCUT2D eigenvalue weighted by molar-refractivity contribution is 0.102. The maximum absolute atomic E-state index is 13.2. The first-order valence-electron chi connectivity index (χ1n) is 9.70. The maximum Gasteiger partial charge on any atom is 0.255 e. The van der Waals surface area contributed by atoms with Crippen molar-refractivity contribution in [1.29, 1.82) is 0 Å². The average molecular weight is 487 g/mol. The molecular weight excluding hydrogens is 463 g/mol. The van der Waals surface area contributed by atoms with Gasteiger partial charge in [-0.1, -0.05) is 30.1 Å². The molecule has 2 aromatic rings. The Bertz CT molecular complexity index is 1090. The van der Waals surface area contributed by atoms with Crippen LogP contribution in [-0.2, 0) is 10.0 Å². The van der Waals surface area contributed by atoms with Gasteiger partial charge in [-0.25, -0.2) is 8.42 Å². The summed E-state index contributed by atoms with van der Waals surface area (Å²) in [6.07, 6.45) is 1.77. The normalized spacial score (nSPS) is 17.3. The van der Waals surface area contributed by atoms with Gasteiger partial charge in [0.15, 0.2) is 0 Å². The molecule has 1 aliphatic rings. The monoisotopic (exact) mass is 486 g/mol. The van der Waals surface area contributed by atoms with Crippen LogP contribution in [0.2, 0.25) is 10.0 Å². The zero-order valence-electron chi connectivity index (χ0n) is 17.4. The number of nitrogens with zero attached hydrogens (tertiary/aromatic N) is 1. The van der Waals surface area contributed by atoms with Gasteiger partial charge in [0.05, 0.1) is 30.0 Å². The number of carbonyl (C=O) groups excluding carboxylic acids is 1. The van der Waals surface area contributed by atoms with E-state index in [0.717, 1.165) is 12.8 Å². The molecule has 0 saturated carbocycles. The van der Waals surface area contributed by atoms with Crippen LogP contribution >= 0.6 is 23.2 Å². The summed E-state index contributed by atoms with van der Waals surface area (Å²) in [6.45, 7) is 2.87. The Labute approximate surface area is 192 Å². The molecule has 1 unspecified atom stereocenters. The van der Waals surface area contributed by atoms with Crippen LogP contribution in [0.3, 0.4) is 0 Å². The molecule has 1 fully saturated rings. The van der Waals surface area contributed by atoms with Gasteiger partial charge in [0.25, 0.3) is 5.91 Å².